The van der Waals surface area contributed by atoms with Gasteiger partial charge in [0, 0.05) is 24.2 Å². The Kier molecular flexibility index (Phi) is 6.79. The summed E-state index contributed by atoms with van der Waals surface area (Å²) in [6.45, 7) is 2.54. The van der Waals surface area contributed by atoms with E-state index in [-0.39, 0.29) is 0 Å². The normalized spacial score (nSPS) is 11.4. The quantitative estimate of drug-likeness (QED) is 0.571. The lowest BCUT2D eigenvalue weighted by Crippen LogP contribution is -2.16. The Morgan fingerprint density at radius 3 is 2.57 bits per heavy atom. The summed E-state index contributed by atoms with van der Waals surface area (Å²) < 4.78 is 5.96. The molecule has 148 valence electrons. The van der Waals surface area contributed by atoms with Crippen molar-refractivity contribution >= 4 is 22.4 Å². The SMILES string of the molecule is CN(C)CCCOc1ccc(Nc2ncnc3ccccc23)c(CN(C)C)c1. The van der Waals surface area contributed by atoms with Crippen molar-refractivity contribution in [3.8, 4) is 5.75 Å². The molecule has 0 bridgehead atoms. The Hall–Kier alpha value is -2.70. The van der Waals surface area contributed by atoms with E-state index in [1.54, 1.807) is 6.33 Å². The highest BCUT2D eigenvalue weighted by atomic mass is 16.5. The Bertz CT molecular complexity index is 905. The lowest BCUT2D eigenvalue weighted by atomic mass is 10.1. The third-order valence-corrected chi connectivity index (χ3v) is 4.38. The number of hydrogen-bond acceptors (Lipinski definition) is 6. The lowest BCUT2D eigenvalue weighted by Gasteiger charge is -2.18. The van der Waals surface area contributed by atoms with Crippen molar-refractivity contribution in [1.82, 2.24) is 19.8 Å². The summed E-state index contributed by atoms with van der Waals surface area (Å²) in [5, 5.41) is 4.49. The van der Waals surface area contributed by atoms with Gasteiger partial charge >= 0.3 is 0 Å². The van der Waals surface area contributed by atoms with Gasteiger partial charge in [-0.15, -0.1) is 0 Å². The second kappa shape index (κ2) is 9.48. The molecule has 0 radical (unpaired) electrons. The molecule has 0 saturated carbocycles. The monoisotopic (exact) mass is 379 g/mol. The van der Waals surface area contributed by atoms with Gasteiger partial charge in [0.25, 0.3) is 0 Å². The van der Waals surface area contributed by atoms with Crippen LogP contribution in [0.4, 0.5) is 11.5 Å². The zero-order valence-electron chi connectivity index (χ0n) is 17.1. The summed E-state index contributed by atoms with van der Waals surface area (Å²) in [6, 6.07) is 14.2. The van der Waals surface area contributed by atoms with Crippen LogP contribution in [0.5, 0.6) is 5.75 Å². The fraction of sp³-hybridized carbons (Fsp3) is 0.364. The molecular weight excluding hydrogens is 350 g/mol. The topological polar surface area (TPSA) is 53.5 Å². The van der Waals surface area contributed by atoms with Crippen LogP contribution in [0.1, 0.15) is 12.0 Å². The van der Waals surface area contributed by atoms with Crippen molar-refractivity contribution in [3.05, 3.63) is 54.4 Å². The fourth-order valence-electron chi connectivity index (χ4n) is 3.06. The minimum Gasteiger partial charge on any atom is -0.494 e. The summed E-state index contributed by atoms with van der Waals surface area (Å²) in [7, 11) is 8.28. The van der Waals surface area contributed by atoms with E-state index in [4.69, 9.17) is 4.74 Å². The highest BCUT2D eigenvalue weighted by Crippen LogP contribution is 2.28. The molecule has 0 aliphatic heterocycles. The van der Waals surface area contributed by atoms with Gasteiger partial charge in [-0.3, -0.25) is 0 Å². The van der Waals surface area contributed by atoms with Gasteiger partial charge in [0.05, 0.1) is 12.1 Å². The molecule has 0 fully saturated rings. The third-order valence-electron chi connectivity index (χ3n) is 4.38. The molecule has 0 aliphatic carbocycles. The van der Waals surface area contributed by atoms with Crippen LogP contribution in [0.25, 0.3) is 10.9 Å². The molecule has 1 N–H and O–H groups in total. The molecule has 1 aromatic heterocycles. The maximum Gasteiger partial charge on any atom is 0.141 e. The van der Waals surface area contributed by atoms with Crippen molar-refractivity contribution in [1.29, 1.82) is 0 Å². The fourth-order valence-corrected chi connectivity index (χ4v) is 3.06. The number of hydrogen-bond donors (Lipinski definition) is 1. The Balaban J connectivity index is 1.81. The third kappa shape index (κ3) is 5.41. The molecule has 2 aromatic carbocycles. The van der Waals surface area contributed by atoms with E-state index in [2.05, 4.69) is 65.4 Å². The van der Waals surface area contributed by atoms with Crippen molar-refractivity contribution < 1.29 is 4.74 Å². The zero-order chi connectivity index (χ0) is 19.9. The van der Waals surface area contributed by atoms with Crippen LogP contribution in [0.3, 0.4) is 0 Å². The Morgan fingerprint density at radius 2 is 1.79 bits per heavy atom. The standard InChI is InChI=1S/C22H29N5O/c1-26(2)12-7-13-28-18-10-11-20(17(14-18)15-27(3)4)25-22-19-8-5-6-9-21(19)23-16-24-22/h5-6,8-11,14,16H,7,12-13,15H2,1-4H3,(H,23,24,25). The molecule has 6 heteroatoms. The molecule has 3 aromatic rings. The summed E-state index contributed by atoms with van der Waals surface area (Å²) in [5.74, 6) is 1.71. The van der Waals surface area contributed by atoms with Crippen LogP contribution in [0.15, 0.2) is 48.8 Å². The number of nitrogens with one attached hydrogen (secondary N) is 1. The molecular formula is C22H29N5O. The Labute approximate surface area is 167 Å². The van der Waals surface area contributed by atoms with Gasteiger partial charge < -0.3 is 19.9 Å². The second-order valence-corrected chi connectivity index (χ2v) is 7.43. The molecule has 0 unspecified atom stereocenters. The van der Waals surface area contributed by atoms with E-state index in [0.29, 0.717) is 6.61 Å². The van der Waals surface area contributed by atoms with E-state index in [9.17, 15) is 0 Å². The van der Waals surface area contributed by atoms with Gasteiger partial charge in [-0.05, 0) is 70.5 Å². The number of benzene rings is 2. The van der Waals surface area contributed by atoms with Crippen molar-refractivity contribution in [2.75, 3.05) is 46.7 Å². The van der Waals surface area contributed by atoms with Crippen molar-refractivity contribution in [2.45, 2.75) is 13.0 Å². The smallest absolute Gasteiger partial charge is 0.141 e. The van der Waals surface area contributed by atoms with Gasteiger partial charge in [-0.25, -0.2) is 9.97 Å². The van der Waals surface area contributed by atoms with Crippen LogP contribution < -0.4 is 10.1 Å². The summed E-state index contributed by atoms with van der Waals surface area (Å²) in [6.07, 6.45) is 2.60. The number of ether oxygens (including phenoxy) is 1. The first-order chi connectivity index (χ1) is 13.5. The van der Waals surface area contributed by atoms with Crippen LogP contribution in [0, 0.1) is 0 Å². The molecule has 0 aliphatic rings. The maximum absolute atomic E-state index is 5.96. The van der Waals surface area contributed by atoms with E-state index >= 15 is 0 Å². The van der Waals surface area contributed by atoms with Crippen molar-refractivity contribution in [2.24, 2.45) is 0 Å². The molecule has 0 amide bonds. The average Bonchev–Trinajstić information content (AvgIpc) is 2.67. The minimum absolute atomic E-state index is 0.711. The zero-order valence-corrected chi connectivity index (χ0v) is 17.1. The first kappa shape index (κ1) is 20.0. The number of para-hydroxylation sites is 1. The number of anilines is 2. The summed E-state index contributed by atoms with van der Waals surface area (Å²) in [4.78, 5) is 13.1. The minimum atomic E-state index is 0.711. The highest BCUT2D eigenvalue weighted by Gasteiger charge is 2.10. The number of aromatic nitrogens is 2. The van der Waals surface area contributed by atoms with E-state index in [1.807, 2.05) is 30.3 Å². The molecule has 28 heavy (non-hydrogen) atoms. The van der Waals surface area contributed by atoms with Gasteiger partial charge in [0.2, 0.25) is 0 Å². The molecule has 3 rings (SSSR count). The predicted molar refractivity (Wildman–Crippen MR) is 115 cm³/mol. The molecule has 0 spiro atoms. The van der Waals surface area contributed by atoms with Crippen molar-refractivity contribution in [3.63, 3.8) is 0 Å². The molecule has 1 heterocycles. The van der Waals surface area contributed by atoms with Gasteiger partial charge in [0.15, 0.2) is 0 Å². The largest absolute Gasteiger partial charge is 0.494 e. The summed E-state index contributed by atoms with van der Waals surface area (Å²) >= 11 is 0. The van der Waals surface area contributed by atoms with E-state index < -0.39 is 0 Å². The van der Waals surface area contributed by atoms with Crippen LogP contribution >= 0.6 is 0 Å². The molecule has 0 saturated heterocycles. The molecule has 0 atom stereocenters. The van der Waals surface area contributed by atoms with Crippen LogP contribution in [-0.2, 0) is 6.54 Å². The second-order valence-electron chi connectivity index (χ2n) is 7.43. The maximum atomic E-state index is 5.96. The Morgan fingerprint density at radius 1 is 0.964 bits per heavy atom. The number of nitrogens with zero attached hydrogens (tertiary/aromatic N) is 4. The number of rotatable bonds is 9. The van der Waals surface area contributed by atoms with Gasteiger partial charge in [0.1, 0.15) is 17.9 Å². The first-order valence-electron chi connectivity index (χ1n) is 9.55. The van der Waals surface area contributed by atoms with Gasteiger partial charge in [-0.1, -0.05) is 12.1 Å². The average molecular weight is 380 g/mol. The molecule has 6 nitrogen and oxygen atoms in total. The van der Waals surface area contributed by atoms with E-state index in [1.165, 1.54) is 0 Å². The van der Waals surface area contributed by atoms with E-state index in [0.717, 1.165) is 53.2 Å². The van der Waals surface area contributed by atoms with Crippen LogP contribution in [-0.4, -0.2) is 61.1 Å². The highest BCUT2D eigenvalue weighted by molar-refractivity contribution is 5.90. The van der Waals surface area contributed by atoms with Crippen LogP contribution in [0.2, 0.25) is 0 Å². The van der Waals surface area contributed by atoms with Gasteiger partial charge in [-0.2, -0.15) is 0 Å². The summed E-state index contributed by atoms with van der Waals surface area (Å²) in [5.41, 5.74) is 3.12. The predicted octanol–water partition coefficient (Wildman–Crippen LogP) is 3.77. The first-order valence-corrected chi connectivity index (χ1v) is 9.55. The lowest BCUT2D eigenvalue weighted by molar-refractivity contribution is 0.281. The number of fused-ring (bicyclic) bond motifs is 1.